The van der Waals surface area contributed by atoms with E-state index < -0.39 is 0 Å². The van der Waals surface area contributed by atoms with Crippen LogP contribution in [0.1, 0.15) is 29.9 Å². The SMILES string of the molecule is COc1ccc(C(C)NC(=O)CSc2nnc(C)n2Cc2ccccc2)c(OC)c1. The molecule has 1 unspecified atom stereocenters. The minimum atomic E-state index is -0.206. The summed E-state index contributed by atoms with van der Waals surface area (Å²) in [6.45, 7) is 4.51. The van der Waals surface area contributed by atoms with E-state index >= 15 is 0 Å². The van der Waals surface area contributed by atoms with Crippen molar-refractivity contribution in [1.29, 1.82) is 0 Å². The monoisotopic (exact) mass is 426 g/mol. The van der Waals surface area contributed by atoms with E-state index in [-0.39, 0.29) is 17.7 Å². The molecule has 0 fully saturated rings. The molecule has 3 aromatic rings. The van der Waals surface area contributed by atoms with Gasteiger partial charge in [0.1, 0.15) is 17.3 Å². The lowest BCUT2D eigenvalue weighted by atomic mass is 10.1. The lowest BCUT2D eigenvalue weighted by Crippen LogP contribution is -2.28. The number of ether oxygens (including phenoxy) is 2. The maximum absolute atomic E-state index is 12.5. The minimum absolute atomic E-state index is 0.0858. The van der Waals surface area contributed by atoms with Gasteiger partial charge in [-0.3, -0.25) is 4.79 Å². The fraction of sp³-hybridized carbons (Fsp3) is 0.318. The van der Waals surface area contributed by atoms with E-state index in [0.717, 1.165) is 22.1 Å². The van der Waals surface area contributed by atoms with Crippen molar-refractivity contribution in [2.75, 3.05) is 20.0 Å². The number of amides is 1. The van der Waals surface area contributed by atoms with E-state index in [4.69, 9.17) is 9.47 Å². The number of hydrogen-bond donors (Lipinski definition) is 1. The van der Waals surface area contributed by atoms with Gasteiger partial charge in [0, 0.05) is 11.6 Å². The van der Waals surface area contributed by atoms with E-state index in [2.05, 4.69) is 27.6 Å². The van der Waals surface area contributed by atoms with Crippen LogP contribution >= 0.6 is 11.8 Å². The summed E-state index contributed by atoms with van der Waals surface area (Å²) in [6.07, 6.45) is 0. The van der Waals surface area contributed by atoms with Crippen molar-refractivity contribution in [2.24, 2.45) is 0 Å². The van der Waals surface area contributed by atoms with E-state index in [1.807, 2.05) is 54.8 Å². The van der Waals surface area contributed by atoms with Crippen molar-refractivity contribution in [2.45, 2.75) is 31.6 Å². The zero-order chi connectivity index (χ0) is 21.5. The molecule has 1 N–H and O–H groups in total. The second kappa shape index (κ2) is 10.2. The number of aromatic nitrogens is 3. The molecule has 0 saturated heterocycles. The average molecular weight is 427 g/mol. The Kier molecular flexibility index (Phi) is 7.35. The van der Waals surface area contributed by atoms with Crippen LogP contribution in [0.15, 0.2) is 53.7 Å². The number of benzene rings is 2. The Hall–Kier alpha value is -3.00. The lowest BCUT2D eigenvalue weighted by molar-refractivity contribution is -0.119. The molecule has 0 aliphatic heterocycles. The molecule has 1 amide bonds. The first-order chi connectivity index (χ1) is 14.5. The molecule has 3 rings (SSSR count). The number of rotatable bonds is 9. The highest BCUT2D eigenvalue weighted by atomic mass is 32.2. The van der Waals surface area contributed by atoms with Crippen LogP contribution in [0.25, 0.3) is 0 Å². The number of nitrogens with zero attached hydrogens (tertiary/aromatic N) is 3. The van der Waals surface area contributed by atoms with Gasteiger partial charge in [0.15, 0.2) is 5.16 Å². The third-order valence-electron chi connectivity index (χ3n) is 4.70. The summed E-state index contributed by atoms with van der Waals surface area (Å²) in [6, 6.07) is 15.5. The number of hydrogen-bond acceptors (Lipinski definition) is 6. The smallest absolute Gasteiger partial charge is 0.230 e. The number of aryl methyl sites for hydroxylation is 1. The second-order valence-corrected chi connectivity index (χ2v) is 7.73. The van der Waals surface area contributed by atoms with Crippen molar-refractivity contribution >= 4 is 17.7 Å². The highest BCUT2D eigenvalue weighted by Gasteiger charge is 2.17. The first-order valence-corrected chi connectivity index (χ1v) is 10.6. The number of methoxy groups -OCH3 is 2. The third kappa shape index (κ3) is 5.33. The van der Waals surface area contributed by atoms with Crippen LogP contribution in [-0.2, 0) is 11.3 Å². The van der Waals surface area contributed by atoms with Gasteiger partial charge in [-0.25, -0.2) is 0 Å². The largest absolute Gasteiger partial charge is 0.497 e. The molecule has 8 heteroatoms. The molecular weight excluding hydrogens is 400 g/mol. The summed E-state index contributed by atoms with van der Waals surface area (Å²) < 4.78 is 12.7. The standard InChI is InChI=1S/C22H26N4O3S/c1-15(19-11-10-18(28-3)12-20(19)29-4)23-21(27)14-30-22-25-24-16(2)26(22)13-17-8-6-5-7-9-17/h5-12,15H,13-14H2,1-4H3,(H,23,27). The van der Waals surface area contributed by atoms with Crippen molar-refractivity contribution in [1.82, 2.24) is 20.1 Å². The summed E-state index contributed by atoms with van der Waals surface area (Å²) in [7, 11) is 3.21. The first kappa shape index (κ1) is 21.7. The van der Waals surface area contributed by atoms with Crippen LogP contribution in [0.3, 0.4) is 0 Å². The normalized spacial score (nSPS) is 11.7. The predicted octanol–water partition coefficient (Wildman–Crippen LogP) is 3.62. The Morgan fingerprint density at radius 1 is 1.13 bits per heavy atom. The van der Waals surface area contributed by atoms with E-state index in [0.29, 0.717) is 18.0 Å². The highest BCUT2D eigenvalue weighted by Crippen LogP contribution is 2.29. The maximum Gasteiger partial charge on any atom is 0.230 e. The Bertz CT molecular complexity index is 991. The van der Waals surface area contributed by atoms with Crippen molar-refractivity contribution in [3.8, 4) is 11.5 Å². The topological polar surface area (TPSA) is 78.3 Å². The molecule has 0 aliphatic rings. The second-order valence-electron chi connectivity index (χ2n) is 6.79. The molecule has 2 aromatic carbocycles. The Morgan fingerprint density at radius 2 is 1.90 bits per heavy atom. The summed E-state index contributed by atoms with van der Waals surface area (Å²) >= 11 is 1.37. The molecule has 158 valence electrons. The van der Waals surface area contributed by atoms with Gasteiger partial charge in [-0.1, -0.05) is 42.1 Å². The molecule has 0 radical (unpaired) electrons. The number of carbonyl (C=O) groups excluding carboxylic acids is 1. The van der Waals surface area contributed by atoms with Gasteiger partial charge in [-0.15, -0.1) is 10.2 Å². The molecular formula is C22H26N4O3S. The van der Waals surface area contributed by atoms with Crippen LogP contribution in [0.4, 0.5) is 0 Å². The zero-order valence-electron chi connectivity index (χ0n) is 17.6. The quantitative estimate of drug-likeness (QED) is 0.527. The van der Waals surface area contributed by atoms with Gasteiger partial charge in [0.05, 0.1) is 32.6 Å². The summed E-state index contributed by atoms with van der Waals surface area (Å²) in [5.74, 6) is 2.36. The predicted molar refractivity (Wildman–Crippen MR) is 117 cm³/mol. The Morgan fingerprint density at radius 3 is 2.60 bits per heavy atom. The summed E-state index contributed by atoms with van der Waals surface area (Å²) in [5.41, 5.74) is 2.05. The average Bonchev–Trinajstić information content (AvgIpc) is 3.11. The van der Waals surface area contributed by atoms with Crippen molar-refractivity contribution < 1.29 is 14.3 Å². The van der Waals surface area contributed by atoms with Crippen molar-refractivity contribution in [3.63, 3.8) is 0 Å². The van der Waals surface area contributed by atoms with Gasteiger partial charge in [-0.05, 0) is 31.5 Å². The summed E-state index contributed by atoms with van der Waals surface area (Å²) in [4.78, 5) is 12.5. The molecule has 30 heavy (non-hydrogen) atoms. The fourth-order valence-electron chi connectivity index (χ4n) is 3.08. The number of thioether (sulfide) groups is 1. The van der Waals surface area contributed by atoms with Gasteiger partial charge >= 0.3 is 0 Å². The highest BCUT2D eigenvalue weighted by molar-refractivity contribution is 7.99. The first-order valence-electron chi connectivity index (χ1n) is 9.59. The molecule has 0 bridgehead atoms. The molecule has 0 spiro atoms. The summed E-state index contributed by atoms with van der Waals surface area (Å²) in [5, 5.41) is 12.1. The maximum atomic E-state index is 12.5. The van der Waals surface area contributed by atoms with Crippen LogP contribution in [0.5, 0.6) is 11.5 Å². The number of carbonyl (C=O) groups is 1. The Labute approximate surface area is 180 Å². The Balaban J connectivity index is 1.61. The molecule has 1 aromatic heterocycles. The molecule has 0 aliphatic carbocycles. The van der Waals surface area contributed by atoms with Crippen LogP contribution in [-0.4, -0.2) is 40.6 Å². The van der Waals surface area contributed by atoms with Crippen LogP contribution < -0.4 is 14.8 Å². The number of nitrogens with one attached hydrogen (secondary N) is 1. The van der Waals surface area contributed by atoms with Gasteiger partial charge in [0.2, 0.25) is 5.91 Å². The van der Waals surface area contributed by atoms with E-state index in [9.17, 15) is 4.79 Å². The van der Waals surface area contributed by atoms with Crippen LogP contribution in [0.2, 0.25) is 0 Å². The molecule has 1 atom stereocenters. The molecule has 0 saturated carbocycles. The van der Waals surface area contributed by atoms with Gasteiger partial charge in [0.25, 0.3) is 0 Å². The minimum Gasteiger partial charge on any atom is -0.497 e. The zero-order valence-corrected chi connectivity index (χ0v) is 18.4. The molecule has 7 nitrogen and oxygen atoms in total. The fourth-order valence-corrected chi connectivity index (χ4v) is 3.88. The third-order valence-corrected chi connectivity index (χ3v) is 5.67. The molecule has 1 heterocycles. The van der Waals surface area contributed by atoms with Crippen LogP contribution in [0, 0.1) is 6.92 Å². The lowest BCUT2D eigenvalue weighted by Gasteiger charge is -2.18. The van der Waals surface area contributed by atoms with E-state index in [1.54, 1.807) is 14.2 Å². The van der Waals surface area contributed by atoms with Gasteiger partial charge < -0.3 is 19.4 Å². The van der Waals surface area contributed by atoms with Gasteiger partial charge in [-0.2, -0.15) is 0 Å². The van der Waals surface area contributed by atoms with E-state index in [1.165, 1.54) is 11.8 Å². The van der Waals surface area contributed by atoms with Crippen molar-refractivity contribution in [3.05, 3.63) is 65.5 Å².